The van der Waals surface area contributed by atoms with E-state index in [1.165, 1.54) is 18.2 Å². The van der Waals surface area contributed by atoms with Gasteiger partial charge >= 0.3 is 12.2 Å². The fourth-order valence-corrected chi connectivity index (χ4v) is 3.47. The van der Waals surface area contributed by atoms with E-state index in [-0.39, 0.29) is 18.1 Å². The van der Waals surface area contributed by atoms with Gasteiger partial charge in [0.1, 0.15) is 29.1 Å². The van der Waals surface area contributed by atoms with Crippen molar-refractivity contribution in [2.75, 3.05) is 30.6 Å². The Kier molecular flexibility index (Phi) is 7.89. The maximum atomic E-state index is 15.2. The van der Waals surface area contributed by atoms with Crippen molar-refractivity contribution in [2.24, 2.45) is 0 Å². The molecule has 1 saturated heterocycles. The lowest BCUT2D eigenvalue weighted by Crippen LogP contribution is -2.41. The summed E-state index contributed by atoms with van der Waals surface area (Å²) in [5.74, 6) is -2.69. The highest BCUT2D eigenvalue weighted by molar-refractivity contribution is 6.08. The van der Waals surface area contributed by atoms with Crippen molar-refractivity contribution in [3.8, 4) is 11.6 Å². The Balaban J connectivity index is 2.07. The van der Waals surface area contributed by atoms with Crippen LogP contribution in [-0.4, -0.2) is 65.6 Å². The number of benzene rings is 1. The Bertz CT molecular complexity index is 1150. The average molecular weight is 515 g/mol. The van der Waals surface area contributed by atoms with Crippen LogP contribution < -0.4 is 25.2 Å². The van der Waals surface area contributed by atoms with Crippen molar-refractivity contribution in [3.63, 3.8) is 0 Å². The molecule has 2 aromatic rings. The first-order valence-corrected chi connectivity index (χ1v) is 10.8. The first-order chi connectivity index (χ1) is 16.9. The van der Waals surface area contributed by atoms with E-state index in [0.29, 0.717) is 11.6 Å². The second-order valence-corrected chi connectivity index (χ2v) is 7.80. The standard InChI is InChI=1S/C22H25F4N5O5/c1-5-30-17(10-32)29-31(21(30)34)15-9-16(36-12(3)22(24,25)26)13(8-14(15)23)19(33)28-18-11(2)6-7-27-20(18)35-4/h6-9,12,17,29,32H,5,10H2,1-4H3,(H,28,33)/t12-,17?/m0/s1. The number of pyridine rings is 1. The zero-order valence-electron chi connectivity index (χ0n) is 19.8. The van der Waals surface area contributed by atoms with Gasteiger partial charge in [-0.3, -0.25) is 4.79 Å². The summed E-state index contributed by atoms with van der Waals surface area (Å²) in [5.41, 5.74) is 2.19. The summed E-state index contributed by atoms with van der Waals surface area (Å²) in [6, 6.07) is 2.29. The van der Waals surface area contributed by atoms with E-state index in [1.807, 2.05) is 0 Å². The van der Waals surface area contributed by atoms with Gasteiger partial charge in [0, 0.05) is 18.8 Å². The summed E-state index contributed by atoms with van der Waals surface area (Å²) in [4.78, 5) is 30.9. The van der Waals surface area contributed by atoms with Gasteiger partial charge in [0.25, 0.3) is 5.91 Å². The van der Waals surface area contributed by atoms with Crippen LogP contribution in [0.3, 0.4) is 0 Å². The van der Waals surface area contributed by atoms with Crippen LogP contribution in [0, 0.1) is 12.7 Å². The zero-order valence-corrected chi connectivity index (χ0v) is 19.8. The number of anilines is 2. The van der Waals surface area contributed by atoms with Crippen LogP contribution in [0.15, 0.2) is 24.4 Å². The summed E-state index contributed by atoms with van der Waals surface area (Å²) < 4.78 is 65.1. The smallest absolute Gasteiger partial charge is 0.425 e. The molecule has 14 heteroatoms. The number of hydrogen-bond donors (Lipinski definition) is 3. The topological polar surface area (TPSA) is 116 Å². The van der Waals surface area contributed by atoms with Gasteiger partial charge in [-0.05, 0) is 38.5 Å². The number of halogens is 4. The first kappa shape index (κ1) is 26.9. The number of urea groups is 1. The molecule has 1 fully saturated rings. The lowest BCUT2D eigenvalue weighted by Gasteiger charge is -2.23. The van der Waals surface area contributed by atoms with E-state index in [9.17, 15) is 27.9 Å². The number of rotatable bonds is 8. The zero-order chi connectivity index (χ0) is 26.8. The molecule has 3 N–H and O–H groups in total. The number of aliphatic hydroxyl groups excluding tert-OH is 1. The van der Waals surface area contributed by atoms with E-state index in [0.717, 1.165) is 18.0 Å². The third kappa shape index (κ3) is 5.28. The molecule has 1 aliphatic heterocycles. The molecular formula is C22H25F4N5O5. The Morgan fingerprint density at radius 2 is 2.06 bits per heavy atom. The second-order valence-electron chi connectivity index (χ2n) is 7.80. The third-order valence-corrected chi connectivity index (χ3v) is 5.46. The van der Waals surface area contributed by atoms with Crippen molar-refractivity contribution >= 4 is 23.3 Å². The lowest BCUT2D eigenvalue weighted by atomic mass is 10.1. The molecule has 3 rings (SSSR count). The molecule has 0 spiro atoms. The van der Waals surface area contributed by atoms with Gasteiger partial charge in [0.15, 0.2) is 6.10 Å². The van der Waals surface area contributed by atoms with E-state index < -0.39 is 59.8 Å². The van der Waals surface area contributed by atoms with Gasteiger partial charge in [0.05, 0.1) is 19.3 Å². The number of alkyl halides is 3. The minimum absolute atomic E-state index is 0.0353. The molecule has 0 radical (unpaired) electrons. The molecule has 2 atom stereocenters. The van der Waals surface area contributed by atoms with Crippen molar-refractivity contribution in [1.82, 2.24) is 15.3 Å². The minimum atomic E-state index is -4.80. The molecule has 1 aromatic heterocycles. The summed E-state index contributed by atoms with van der Waals surface area (Å²) >= 11 is 0. The van der Waals surface area contributed by atoms with Crippen molar-refractivity contribution < 1.29 is 41.7 Å². The Hall–Kier alpha value is -3.65. The number of hydrogen-bond acceptors (Lipinski definition) is 7. The second kappa shape index (κ2) is 10.5. The average Bonchev–Trinajstić information content (AvgIpc) is 3.15. The quantitative estimate of drug-likeness (QED) is 0.463. The van der Waals surface area contributed by atoms with E-state index in [4.69, 9.17) is 9.47 Å². The molecule has 3 amide bonds. The summed E-state index contributed by atoms with van der Waals surface area (Å²) in [7, 11) is 1.31. The number of nitrogens with zero attached hydrogens (tertiary/aromatic N) is 3. The number of carbonyl (C=O) groups is 2. The fraction of sp³-hybridized carbons (Fsp3) is 0.409. The van der Waals surface area contributed by atoms with E-state index in [1.54, 1.807) is 19.9 Å². The fourth-order valence-electron chi connectivity index (χ4n) is 3.47. The maximum Gasteiger partial charge on any atom is 0.425 e. The summed E-state index contributed by atoms with van der Waals surface area (Å²) in [6.45, 7) is 3.65. The molecule has 0 aliphatic carbocycles. The molecule has 10 nitrogen and oxygen atoms in total. The monoisotopic (exact) mass is 515 g/mol. The van der Waals surface area contributed by atoms with Crippen LogP contribution in [0.1, 0.15) is 29.8 Å². The molecule has 1 aliphatic rings. The normalized spacial score (nSPS) is 16.8. The number of nitrogens with one attached hydrogen (secondary N) is 2. The molecule has 0 saturated carbocycles. The Morgan fingerprint density at radius 1 is 1.36 bits per heavy atom. The molecular weight excluding hydrogens is 490 g/mol. The Labute approximate surface area is 203 Å². The van der Waals surface area contributed by atoms with Crippen molar-refractivity contribution in [3.05, 3.63) is 41.3 Å². The highest BCUT2D eigenvalue weighted by atomic mass is 19.4. The third-order valence-electron chi connectivity index (χ3n) is 5.46. The lowest BCUT2D eigenvalue weighted by molar-refractivity contribution is -0.189. The highest BCUT2D eigenvalue weighted by Crippen LogP contribution is 2.35. The SMILES string of the molecule is CCN1C(=O)N(c2cc(O[C@@H](C)C(F)(F)F)c(C(=O)Nc3c(C)ccnc3OC)cc2F)NC1CO. The predicted molar refractivity (Wildman–Crippen MR) is 120 cm³/mol. The number of amides is 3. The molecule has 0 bridgehead atoms. The molecule has 36 heavy (non-hydrogen) atoms. The molecule has 2 heterocycles. The van der Waals surface area contributed by atoms with Crippen LogP contribution in [0.5, 0.6) is 11.6 Å². The number of hydrazine groups is 1. The van der Waals surface area contributed by atoms with Crippen LogP contribution in [0.25, 0.3) is 0 Å². The number of aliphatic hydroxyl groups is 1. The molecule has 1 unspecified atom stereocenters. The molecule has 1 aromatic carbocycles. The van der Waals surface area contributed by atoms with Crippen LogP contribution in [0.4, 0.5) is 33.7 Å². The van der Waals surface area contributed by atoms with Gasteiger partial charge in [0.2, 0.25) is 5.88 Å². The number of likely N-dealkylation sites (N-methyl/N-ethyl adjacent to an activating group) is 1. The Morgan fingerprint density at radius 3 is 2.61 bits per heavy atom. The maximum absolute atomic E-state index is 15.2. The van der Waals surface area contributed by atoms with E-state index in [2.05, 4.69) is 15.7 Å². The van der Waals surface area contributed by atoms with Gasteiger partial charge in [-0.2, -0.15) is 13.2 Å². The van der Waals surface area contributed by atoms with Gasteiger partial charge < -0.3 is 24.8 Å². The summed E-state index contributed by atoms with van der Waals surface area (Å²) in [5, 5.41) is 12.7. The number of aryl methyl sites for hydroxylation is 1. The largest absolute Gasteiger partial charge is 0.480 e. The highest BCUT2D eigenvalue weighted by Gasteiger charge is 2.41. The number of ether oxygens (including phenoxy) is 2. The van der Waals surface area contributed by atoms with Gasteiger partial charge in [-0.25, -0.2) is 24.6 Å². The first-order valence-electron chi connectivity index (χ1n) is 10.8. The van der Waals surface area contributed by atoms with Crippen molar-refractivity contribution in [2.45, 2.75) is 39.2 Å². The van der Waals surface area contributed by atoms with Crippen LogP contribution >= 0.6 is 0 Å². The van der Waals surface area contributed by atoms with Crippen molar-refractivity contribution in [1.29, 1.82) is 0 Å². The molecule has 196 valence electrons. The number of methoxy groups -OCH3 is 1. The minimum Gasteiger partial charge on any atom is -0.480 e. The van der Waals surface area contributed by atoms with Crippen LogP contribution in [-0.2, 0) is 0 Å². The number of carbonyl (C=O) groups excluding carboxylic acids is 2. The van der Waals surface area contributed by atoms with Gasteiger partial charge in [-0.1, -0.05) is 0 Å². The van der Waals surface area contributed by atoms with Gasteiger partial charge in [-0.15, -0.1) is 0 Å². The van der Waals surface area contributed by atoms with E-state index >= 15 is 4.39 Å². The predicted octanol–water partition coefficient (Wildman–Crippen LogP) is 3.20. The number of aromatic nitrogens is 1. The summed E-state index contributed by atoms with van der Waals surface area (Å²) in [6.07, 6.45) is -6.62. The van der Waals surface area contributed by atoms with Crippen LogP contribution in [0.2, 0.25) is 0 Å².